The Labute approximate surface area is 119 Å². The summed E-state index contributed by atoms with van der Waals surface area (Å²) in [4.78, 5) is 17.2. The molecule has 94 valence electrons. The van der Waals surface area contributed by atoms with Crippen LogP contribution < -0.4 is 10.3 Å². The Balaban J connectivity index is 2.43. The molecule has 0 aliphatic rings. The van der Waals surface area contributed by atoms with Crippen LogP contribution >= 0.6 is 39.1 Å². The highest BCUT2D eigenvalue weighted by molar-refractivity contribution is 9.10. The van der Waals surface area contributed by atoms with Gasteiger partial charge in [0, 0.05) is 6.07 Å². The molecule has 0 aliphatic carbocycles. The third kappa shape index (κ3) is 2.66. The molecule has 18 heavy (non-hydrogen) atoms. The molecule has 2 rings (SSSR count). The molecule has 1 aromatic heterocycles. The summed E-state index contributed by atoms with van der Waals surface area (Å²) in [5.41, 5.74) is -0.549. The van der Waals surface area contributed by atoms with Crippen molar-refractivity contribution >= 4 is 39.1 Å². The topological polar surface area (TPSA) is 55.0 Å². The van der Waals surface area contributed by atoms with E-state index in [2.05, 4.69) is 25.9 Å². The number of nitrogens with one attached hydrogen (secondary N) is 1. The van der Waals surface area contributed by atoms with Crippen LogP contribution in [0.4, 0.5) is 4.39 Å². The third-order valence-electron chi connectivity index (χ3n) is 1.95. The first-order valence-corrected chi connectivity index (χ1v) is 6.09. The van der Waals surface area contributed by atoms with E-state index in [1.54, 1.807) is 0 Å². The number of ether oxygens (including phenoxy) is 1. The number of aromatic nitrogens is 2. The van der Waals surface area contributed by atoms with Crippen molar-refractivity contribution in [3.63, 3.8) is 0 Å². The summed E-state index contributed by atoms with van der Waals surface area (Å²) >= 11 is 14.4. The van der Waals surface area contributed by atoms with Crippen molar-refractivity contribution in [1.29, 1.82) is 0 Å². The number of nitrogens with zero attached hydrogens (tertiary/aromatic N) is 1. The summed E-state index contributed by atoms with van der Waals surface area (Å²) in [6.45, 7) is 0. The normalized spacial score (nSPS) is 10.4. The molecule has 0 radical (unpaired) electrons. The lowest BCUT2D eigenvalue weighted by atomic mass is 10.3. The molecule has 1 heterocycles. The van der Waals surface area contributed by atoms with E-state index in [-0.39, 0.29) is 21.7 Å². The van der Waals surface area contributed by atoms with Crippen molar-refractivity contribution in [3.8, 4) is 11.6 Å². The maximum absolute atomic E-state index is 13.3. The molecular weight excluding hydrogens is 350 g/mol. The average molecular weight is 354 g/mol. The molecule has 0 atom stereocenters. The molecule has 0 unspecified atom stereocenters. The summed E-state index contributed by atoms with van der Waals surface area (Å²) in [6, 6.07) is 2.39. The Morgan fingerprint density at radius 2 is 2.11 bits per heavy atom. The fraction of sp³-hybridized carbons (Fsp3) is 0. The predicted octanol–water partition coefficient (Wildman–Crippen LogP) is 3.77. The van der Waals surface area contributed by atoms with Crippen LogP contribution in [0.3, 0.4) is 0 Å². The molecule has 0 spiro atoms. The van der Waals surface area contributed by atoms with Gasteiger partial charge in [0.05, 0.1) is 15.8 Å². The van der Waals surface area contributed by atoms with Gasteiger partial charge in [0.1, 0.15) is 11.6 Å². The van der Waals surface area contributed by atoms with E-state index in [1.165, 1.54) is 6.07 Å². The summed E-state index contributed by atoms with van der Waals surface area (Å²) in [5.74, 6) is -0.671. The van der Waals surface area contributed by atoms with Crippen LogP contribution in [-0.2, 0) is 0 Å². The maximum Gasteiger partial charge on any atom is 0.273 e. The number of aromatic amines is 1. The van der Waals surface area contributed by atoms with Gasteiger partial charge >= 0.3 is 0 Å². The predicted molar refractivity (Wildman–Crippen MR) is 69.1 cm³/mol. The van der Waals surface area contributed by atoms with Gasteiger partial charge in [-0.15, -0.1) is 0 Å². The first-order valence-electron chi connectivity index (χ1n) is 4.54. The first kappa shape index (κ1) is 13.3. The third-order valence-corrected chi connectivity index (χ3v) is 3.19. The van der Waals surface area contributed by atoms with Crippen molar-refractivity contribution in [2.45, 2.75) is 0 Å². The van der Waals surface area contributed by atoms with E-state index in [0.717, 1.165) is 12.4 Å². The number of hydrogen-bond donors (Lipinski definition) is 1. The van der Waals surface area contributed by atoms with Crippen LogP contribution in [0.5, 0.6) is 11.6 Å². The molecule has 0 saturated carbocycles. The standard InChI is InChI=1S/C10H4BrCl2FN2O2/c11-4-1-5(12)6(14)2-7(4)18-10-8(13)9(17)15-3-16-10/h1-3H,(H,15,16,17). The molecule has 0 saturated heterocycles. The lowest BCUT2D eigenvalue weighted by Gasteiger charge is -2.08. The molecule has 1 N–H and O–H groups in total. The Morgan fingerprint density at radius 1 is 1.39 bits per heavy atom. The smallest absolute Gasteiger partial charge is 0.273 e. The minimum Gasteiger partial charge on any atom is -0.436 e. The molecule has 0 aliphatic heterocycles. The van der Waals surface area contributed by atoms with Crippen LogP contribution in [0, 0.1) is 5.82 Å². The quantitative estimate of drug-likeness (QED) is 0.836. The van der Waals surface area contributed by atoms with Gasteiger partial charge in [-0.2, -0.15) is 0 Å². The minimum atomic E-state index is -0.657. The van der Waals surface area contributed by atoms with Gasteiger partial charge in [-0.3, -0.25) is 4.79 Å². The Bertz CT molecular complexity index is 663. The monoisotopic (exact) mass is 352 g/mol. The molecule has 4 nitrogen and oxygen atoms in total. The Morgan fingerprint density at radius 3 is 2.83 bits per heavy atom. The maximum atomic E-state index is 13.3. The Kier molecular flexibility index (Phi) is 3.89. The number of hydrogen-bond acceptors (Lipinski definition) is 3. The van der Waals surface area contributed by atoms with Crippen molar-refractivity contribution in [2.75, 3.05) is 0 Å². The number of halogens is 4. The number of H-pyrrole nitrogens is 1. The zero-order chi connectivity index (χ0) is 13.3. The van der Waals surface area contributed by atoms with Crippen LogP contribution in [0.2, 0.25) is 10.0 Å². The van der Waals surface area contributed by atoms with Crippen LogP contribution in [0.1, 0.15) is 0 Å². The molecule has 0 fully saturated rings. The molecule has 2 aromatic rings. The Hall–Kier alpha value is -1.11. The number of rotatable bonds is 2. The van der Waals surface area contributed by atoms with E-state index in [0.29, 0.717) is 4.47 Å². The summed E-state index contributed by atoms with van der Waals surface area (Å²) in [5, 5.41) is -0.279. The molecule has 8 heteroatoms. The molecule has 0 amide bonds. The highest BCUT2D eigenvalue weighted by atomic mass is 79.9. The fourth-order valence-electron chi connectivity index (χ4n) is 1.12. The van der Waals surface area contributed by atoms with Gasteiger partial charge in [-0.25, -0.2) is 9.37 Å². The highest BCUT2D eigenvalue weighted by Gasteiger charge is 2.13. The SMILES string of the molecule is O=c1[nH]cnc(Oc2cc(F)c(Cl)cc2Br)c1Cl. The second kappa shape index (κ2) is 5.26. The van der Waals surface area contributed by atoms with Crippen molar-refractivity contribution in [3.05, 3.63) is 49.1 Å². The largest absolute Gasteiger partial charge is 0.436 e. The van der Waals surface area contributed by atoms with Crippen LogP contribution in [0.25, 0.3) is 0 Å². The van der Waals surface area contributed by atoms with E-state index < -0.39 is 11.4 Å². The van der Waals surface area contributed by atoms with Gasteiger partial charge < -0.3 is 9.72 Å². The lowest BCUT2D eigenvalue weighted by molar-refractivity contribution is 0.453. The van der Waals surface area contributed by atoms with Crippen molar-refractivity contribution < 1.29 is 9.13 Å². The second-order valence-corrected chi connectivity index (χ2v) is 4.79. The van der Waals surface area contributed by atoms with Crippen LogP contribution in [-0.4, -0.2) is 9.97 Å². The minimum absolute atomic E-state index is 0.0563. The summed E-state index contributed by atoms with van der Waals surface area (Å²) < 4.78 is 18.9. The van der Waals surface area contributed by atoms with Gasteiger partial charge in [-0.05, 0) is 22.0 Å². The zero-order valence-corrected chi connectivity index (χ0v) is 11.6. The molecule has 1 aromatic carbocycles. The molecular formula is C10H4BrCl2FN2O2. The fourth-order valence-corrected chi connectivity index (χ4v) is 1.99. The summed E-state index contributed by atoms with van der Waals surface area (Å²) in [7, 11) is 0. The van der Waals surface area contributed by atoms with Gasteiger partial charge in [0.25, 0.3) is 5.56 Å². The van der Waals surface area contributed by atoms with E-state index in [4.69, 9.17) is 27.9 Å². The second-order valence-electron chi connectivity index (χ2n) is 3.15. The number of benzene rings is 1. The van der Waals surface area contributed by atoms with Gasteiger partial charge in [-0.1, -0.05) is 23.2 Å². The summed E-state index contributed by atoms with van der Waals surface area (Å²) in [6.07, 6.45) is 1.13. The average Bonchev–Trinajstić information content (AvgIpc) is 2.32. The lowest BCUT2D eigenvalue weighted by Crippen LogP contribution is -2.08. The van der Waals surface area contributed by atoms with E-state index in [9.17, 15) is 9.18 Å². The van der Waals surface area contributed by atoms with Gasteiger partial charge in [0.15, 0.2) is 5.02 Å². The first-order chi connectivity index (χ1) is 8.49. The highest BCUT2D eigenvalue weighted by Crippen LogP contribution is 2.34. The van der Waals surface area contributed by atoms with Crippen LogP contribution in [0.15, 0.2) is 27.7 Å². The van der Waals surface area contributed by atoms with E-state index >= 15 is 0 Å². The zero-order valence-electron chi connectivity index (χ0n) is 8.51. The van der Waals surface area contributed by atoms with Crippen molar-refractivity contribution in [1.82, 2.24) is 9.97 Å². The van der Waals surface area contributed by atoms with Gasteiger partial charge in [0.2, 0.25) is 5.88 Å². The molecule has 0 bridgehead atoms. The van der Waals surface area contributed by atoms with E-state index in [1.807, 2.05) is 0 Å². The van der Waals surface area contributed by atoms with Crippen molar-refractivity contribution in [2.24, 2.45) is 0 Å².